The molecule has 1 aromatic rings. The largest absolute Gasteiger partial charge is 0.317 e. The van der Waals surface area contributed by atoms with Gasteiger partial charge in [-0.05, 0) is 61.9 Å². The number of hydrogen-bond acceptors (Lipinski definition) is 1. The summed E-state index contributed by atoms with van der Waals surface area (Å²) in [6, 6.07) is 7.01. The van der Waals surface area contributed by atoms with Crippen LogP contribution in [0.1, 0.15) is 42.4 Å². The molecule has 1 saturated heterocycles. The van der Waals surface area contributed by atoms with Crippen LogP contribution in [0.4, 0.5) is 0 Å². The fraction of sp³-hybridized carbons (Fsp3) is 0.571. The Hall–Kier alpha value is -0.820. The van der Waals surface area contributed by atoms with Crippen molar-refractivity contribution in [2.24, 2.45) is 0 Å². The van der Waals surface area contributed by atoms with Crippen LogP contribution in [0.15, 0.2) is 18.2 Å². The molecule has 0 saturated carbocycles. The van der Waals surface area contributed by atoms with E-state index in [9.17, 15) is 0 Å². The SMILES string of the molecule is CCc1ccc(C2CCNCC2)c(C)c1. The average Bonchev–Trinajstić information content (AvgIpc) is 2.30. The quantitative estimate of drug-likeness (QED) is 0.779. The smallest absolute Gasteiger partial charge is 0.00431 e. The van der Waals surface area contributed by atoms with E-state index in [1.54, 1.807) is 5.56 Å². The monoisotopic (exact) mass is 203 g/mol. The van der Waals surface area contributed by atoms with Crippen molar-refractivity contribution >= 4 is 0 Å². The summed E-state index contributed by atoms with van der Waals surface area (Å²) in [6.07, 6.45) is 3.74. The highest BCUT2D eigenvalue weighted by Gasteiger charge is 2.16. The zero-order valence-corrected chi connectivity index (χ0v) is 9.84. The number of rotatable bonds is 2. The molecule has 0 aromatic heterocycles. The van der Waals surface area contributed by atoms with E-state index in [1.165, 1.54) is 37.1 Å². The van der Waals surface area contributed by atoms with Gasteiger partial charge in [0.1, 0.15) is 0 Å². The second-order valence-electron chi connectivity index (χ2n) is 4.57. The van der Waals surface area contributed by atoms with E-state index in [0.717, 1.165) is 12.3 Å². The van der Waals surface area contributed by atoms with Gasteiger partial charge in [-0.1, -0.05) is 25.1 Å². The summed E-state index contributed by atoms with van der Waals surface area (Å²) >= 11 is 0. The van der Waals surface area contributed by atoms with Crippen molar-refractivity contribution < 1.29 is 0 Å². The number of piperidine rings is 1. The van der Waals surface area contributed by atoms with Crippen LogP contribution in [0, 0.1) is 6.92 Å². The molecule has 1 aliphatic rings. The van der Waals surface area contributed by atoms with Gasteiger partial charge in [-0.2, -0.15) is 0 Å². The fourth-order valence-electron chi connectivity index (χ4n) is 2.55. The summed E-state index contributed by atoms with van der Waals surface area (Å²) in [5.41, 5.74) is 4.53. The van der Waals surface area contributed by atoms with E-state index in [2.05, 4.69) is 37.4 Å². The Balaban J connectivity index is 2.19. The van der Waals surface area contributed by atoms with Gasteiger partial charge in [0.05, 0.1) is 0 Å². The topological polar surface area (TPSA) is 12.0 Å². The third-order valence-electron chi connectivity index (χ3n) is 3.52. The lowest BCUT2D eigenvalue weighted by atomic mass is 9.86. The summed E-state index contributed by atoms with van der Waals surface area (Å²) < 4.78 is 0. The normalized spacial score (nSPS) is 18.0. The first-order valence-electron chi connectivity index (χ1n) is 6.11. The Kier molecular flexibility index (Phi) is 3.42. The molecule has 1 fully saturated rings. The minimum atomic E-state index is 0.789. The number of hydrogen-bond donors (Lipinski definition) is 1. The summed E-state index contributed by atoms with van der Waals surface area (Å²) in [5, 5.41) is 3.43. The highest BCUT2D eigenvalue weighted by molar-refractivity contribution is 5.34. The van der Waals surface area contributed by atoms with E-state index in [-0.39, 0.29) is 0 Å². The van der Waals surface area contributed by atoms with Crippen molar-refractivity contribution in [1.29, 1.82) is 0 Å². The van der Waals surface area contributed by atoms with Crippen molar-refractivity contribution in [3.05, 3.63) is 34.9 Å². The minimum Gasteiger partial charge on any atom is -0.317 e. The molecule has 0 bridgehead atoms. The van der Waals surface area contributed by atoms with Crippen LogP contribution in [0.5, 0.6) is 0 Å². The second-order valence-corrected chi connectivity index (χ2v) is 4.57. The lowest BCUT2D eigenvalue weighted by molar-refractivity contribution is 0.459. The van der Waals surface area contributed by atoms with Crippen LogP contribution in [-0.4, -0.2) is 13.1 Å². The fourth-order valence-corrected chi connectivity index (χ4v) is 2.55. The van der Waals surface area contributed by atoms with Crippen LogP contribution < -0.4 is 5.32 Å². The molecule has 1 aliphatic heterocycles. The van der Waals surface area contributed by atoms with Gasteiger partial charge < -0.3 is 5.32 Å². The Bertz CT molecular complexity index is 324. The molecule has 0 radical (unpaired) electrons. The molecule has 1 heterocycles. The van der Waals surface area contributed by atoms with E-state index >= 15 is 0 Å². The van der Waals surface area contributed by atoms with E-state index in [4.69, 9.17) is 0 Å². The molecule has 0 amide bonds. The molecule has 82 valence electrons. The van der Waals surface area contributed by atoms with Crippen LogP contribution in [0.3, 0.4) is 0 Å². The Morgan fingerprint density at radius 3 is 2.60 bits per heavy atom. The van der Waals surface area contributed by atoms with Gasteiger partial charge in [-0.15, -0.1) is 0 Å². The van der Waals surface area contributed by atoms with Gasteiger partial charge in [0, 0.05) is 0 Å². The summed E-state index contributed by atoms with van der Waals surface area (Å²) in [6.45, 7) is 6.84. The first-order chi connectivity index (χ1) is 7.31. The zero-order chi connectivity index (χ0) is 10.7. The van der Waals surface area contributed by atoms with E-state index < -0.39 is 0 Å². The van der Waals surface area contributed by atoms with E-state index in [0.29, 0.717) is 0 Å². The zero-order valence-electron chi connectivity index (χ0n) is 9.84. The molecule has 1 aromatic carbocycles. The molecule has 1 nitrogen and oxygen atoms in total. The molecule has 0 spiro atoms. The maximum Gasteiger partial charge on any atom is -0.00431 e. The predicted molar refractivity (Wildman–Crippen MR) is 65.4 cm³/mol. The van der Waals surface area contributed by atoms with Gasteiger partial charge in [0.15, 0.2) is 0 Å². The molecule has 1 heteroatoms. The third kappa shape index (κ3) is 2.40. The average molecular weight is 203 g/mol. The van der Waals surface area contributed by atoms with Crippen molar-refractivity contribution in [3.63, 3.8) is 0 Å². The molecule has 0 aliphatic carbocycles. The molecule has 1 N–H and O–H groups in total. The number of aryl methyl sites for hydroxylation is 2. The molecule has 0 atom stereocenters. The van der Waals surface area contributed by atoms with Crippen molar-refractivity contribution in [3.8, 4) is 0 Å². The maximum absolute atomic E-state index is 3.43. The second kappa shape index (κ2) is 4.80. The van der Waals surface area contributed by atoms with Gasteiger partial charge in [-0.3, -0.25) is 0 Å². The maximum atomic E-state index is 3.43. The Morgan fingerprint density at radius 1 is 1.27 bits per heavy atom. The molecular formula is C14H21N. The number of nitrogens with one attached hydrogen (secondary N) is 1. The summed E-state index contributed by atoms with van der Waals surface area (Å²) in [5.74, 6) is 0.789. The van der Waals surface area contributed by atoms with Crippen molar-refractivity contribution in [2.45, 2.75) is 39.0 Å². The first kappa shape index (κ1) is 10.7. The lowest BCUT2D eigenvalue weighted by Crippen LogP contribution is -2.26. The van der Waals surface area contributed by atoms with Crippen LogP contribution in [-0.2, 0) is 6.42 Å². The van der Waals surface area contributed by atoms with Crippen LogP contribution in [0.25, 0.3) is 0 Å². The lowest BCUT2D eigenvalue weighted by Gasteiger charge is -2.24. The van der Waals surface area contributed by atoms with E-state index in [1.807, 2.05) is 0 Å². The Labute approximate surface area is 92.9 Å². The summed E-state index contributed by atoms with van der Waals surface area (Å²) in [4.78, 5) is 0. The van der Waals surface area contributed by atoms with Crippen molar-refractivity contribution in [2.75, 3.05) is 13.1 Å². The third-order valence-corrected chi connectivity index (χ3v) is 3.52. The molecular weight excluding hydrogens is 182 g/mol. The van der Waals surface area contributed by atoms with Crippen LogP contribution in [0.2, 0.25) is 0 Å². The molecule has 0 unspecified atom stereocenters. The minimum absolute atomic E-state index is 0.789. The standard InChI is InChI=1S/C14H21N/c1-3-12-4-5-14(11(2)10-12)13-6-8-15-9-7-13/h4-5,10,13,15H,3,6-9H2,1-2H3. The highest BCUT2D eigenvalue weighted by Crippen LogP contribution is 2.28. The summed E-state index contributed by atoms with van der Waals surface area (Å²) in [7, 11) is 0. The molecule has 2 rings (SSSR count). The number of benzene rings is 1. The van der Waals surface area contributed by atoms with Gasteiger partial charge >= 0.3 is 0 Å². The predicted octanol–water partition coefficient (Wildman–Crippen LogP) is 3.02. The van der Waals surface area contributed by atoms with Gasteiger partial charge in [0.2, 0.25) is 0 Å². The highest BCUT2D eigenvalue weighted by atomic mass is 14.9. The first-order valence-corrected chi connectivity index (χ1v) is 6.11. The Morgan fingerprint density at radius 2 is 2.00 bits per heavy atom. The molecule has 15 heavy (non-hydrogen) atoms. The van der Waals surface area contributed by atoms with Gasteiger partial charge in [-0.25, -0.2) is 0 Å². The van der Waals surface area contributed by atoms with Crippen molar-refractivity contribution in [1.82, 2.24) is 5.32 Å². The van der Waals surface area contributed by atoms with Gasteiger partial charge in [0.25, 0.3) is 0 Å². The van der Waals surface area contributed by atoms with Crippen LogP contribution >= 0.6 is 0 Å².